The first-order valence-electron chi connectivity index (χ1n) is 6.66. The number of hydrogen-bond acceptors (Lipinski definition) is 4. The minimum atomic E-state index is -0.391. The van der Waals surface area contributed by atoms with Crippen LogP contribution in [0.5, 0.6) is 5.75 Å². The third-order valence-electron chi connectivity index (χ3n) is 3.03. The summed E-state index contributed by atoms with van der Waals surface area (Å²) in [5.74, 6) is 0.0556. The second-order valence-electron chi connectivity index (χ2n) is 4.58. The van der Waals surface area contributed by atoms with Crippen LogP contribution in [-0.2, 0) is 0 Å². The molecule has 0 aromatic heterocycles. The van der Waals surface area contributed by atoms with E-state index in [1.807, 2.05) is 5.01 Å². The first kappa shape index (κ1) is 15.1. The molecule has 20 heavy (non-hydrogen) atoms. The summed E-state index contributed by atoms with van der Waals surface area (Å²) in [7, 11) is 0. The molecule has 0 bridgehead atoms. The average Bonchev–Trinajstić information content (AvgIpc) is 2.46. The van der Waals surface area contributed by atoms with Crippen molar-refractivity contribution < 1.29 is 9.13 Å². The molecule has 0 radical (unpaired) electrons. The first-order chi connectivity index (χ1) is 9.70. The van der Waals surface area contributed by atoms with Gasteiger partial charge in [0.25, 0.3) is 0 Å². The maximum Gasteiger partial charge on any atom is 0.148 e. The Balaban J connectivity index is 2.00. The normalized spacial score (nSPS) is 15.9. The lowest BCUT2D eigenvalue weighted by Gasteiger charge is -2.28. The average molecular weight is 300 g/mol. The zero-order chi connectivity index (χ0) is 14.4. The maximum atomic E-state index is 13.8. The molecule has 2 N–H and O–H groups in total. The van der Waals surface area contributed by atoms with Crippen LogP contribution in [-0.4, -0.2) is 31.4 Å². The van der Waals surface area contributed by atoms with Gasteiger partial charge in [0, 0.05) is 19.2 Å². The fourth-order valence-electron chi connectivity index (χ4n) is 1.98. The van der Waals surface area contributed by atoms with E-state index in [1.54, 1.807) is 12.1 Å². The molecule has 1 aliphatic heterocycles. The molecule has 0 amide bonds. The molecule has 6 heteroatoms. The molecular formula is C14H19ClFN3O. The Kier molecular flexibility index (Phi) is 5.64. The molecule has 110 valence electrons. The van der Waals surface area contributed by atoms with E-state index < -0.39 is 5.82 Å². The molecular weight excluding hydrogens is 281 g/mol. The summed E-state index contributed by atoms with van der Waals surface area (Å²) in [5, 5.41) is 5.34. The lowest BCUT2D eigenvalue weighted by atomic mass is 10.2. The van der Waals surface area contributed by atoms with Gasteiger partial charge in [-0.15, -0.1) is 0 Å². The van der Waals surface area contributed by atoms with Crippen LogP contribution in [0.25, 0.3) is 0 Å². The highest BCUT2D eigenvalue weighted by Gasteiger charge is 2.12. The van der Waals surface area contributed by atoms with Crippen molar-refractivity contribution in [1.29, 1.82) is 0 Å². The van der Waals surface area contributed by atoms with Gasteiger partial charge >= 0.3 is 0 Å². The van der Waals surface area contributed by atoms with Crippen LogP contribution in [0.1, 0.15) is 12.8 Å². The molecule has 1 aromatic rings. The molecule has 1 heterocycles. The molecule has 0 unspecified atom stereocenters. The number of halogens is 2. The van der Waals surface area contributed by atoms with Crippen molar-refractivity contribution in [2.24, 2.45) is 0 Å². The maximum absolute atomic E-state index is 13.8. The third-order valence-corrected chi connectivity index (χ3v) is 3.32. The zero-order valence-corrected chi connectivity index (χ0v) is 12.0. The minimum Gasteiger partial charge on any atom is -0.488 e. The number of hydrogen-bond donors (Lipinski definition) is 2. The van der Waals surface area contributed by atoms with Crippen molar-refractivity contribution in [2.45, 2.75) is 12.8 Å². The smallest absolute Gasteiger partial charge is 0.148 e. The van der Waals surface area contributed by atoms with Crippen LogP contribution >= 0.6 is 11.6 Å². The van der Waals surface area contributed by atoms with Crippen molar-refractivity contribution >= 4 is 17.3 Å². The highest BCUT2D eigenvalue weighted by molar-refractivity contribution is 6.32. The SMILES string of the molecule is C=CCOc1cc(NCN2CCCCN2)c(F)cc1Cl. The van der Waals surface area contributed by atoms with Crippen LogP contribution in [0.15, 0.2) is 24.8 Å². The lowest BCUT2D eigenvalue weighted by Crippen LogP contribution is -2.45. The van der Waals surface area contributed by atoms with Crippen LogP contribution in [0.3, 0.4) is 0 Å². The molecule has 1 aliphatic rings. The summed E-state index contributed by atoms with van der Waals surface area (Å²) in [5.41, 5.74) is 3.62. The van der Waals surface area contributed by atoms with Gasteiger partial charge < -0.3 is 10.1 Å². The number of benzene rings is 1. The summed E-state index contributed by atoms with van der Waals surface area (Å²) >= 11 is 5.94. The summed E-state index contributed by atoms with van der Waals surface area (Å²) < 4.78 is 19.2. The third kappa shape index (κ3) is 4.10. The van der Waals surface area contributed by atoms with Crippen molar-refractivity contribution in [3.8, 4) is 5.75 Å². The Morgan fingerprint density at radius 3 is 3.05 bits per heavy atom. The van der Waals surface area contributed by atoms with E-state index in [0.717, 1.165) is 19.5 Å². The van der Waals surface area contributed by atoms with E-state index in [9.17, 15) is 4.39 Å². The van der Waals surface area contributed by atoms with Crippen molar-refractivity contribution in [3.63, 3.8) is 0 Å². The number of rotatable bonds is 6. The zero-order valence-electron chi connectivity index (χ0n) is 11.3. The number of anilines is 1. The Hall–Kier alpha value is -1.30. The molecule has 1 fully saturated rings. The summed E-state index contributed by atoms with van der Waals surface area (Å²) in [6.45, 7) is 6.33. The monoisotopic (exact) mass is 299 g/mol. The van der Waals surface area contributed by atoms with Crippen molar-refractivity contribution in [3.05, 3.63) is 35.6 Å². The molecule has 1 aromatic carbocycles. The highest BCUT2D eigenvalue weighted by atomic mass is 35.5. The molecule has 0 saturated carbocycles. The molecule has 0 spiro atoms. The Bertz CT molecular complexity index is 464. The lowest BCUT2D eigenvalue weighted by molar-refractivity contribution is 0.165. The number of nitrogens with zero attached hydrogens (tertiary/aromatic N) is 1. The number of hydrazine groups is 1. The van der Waals surface area contributed by atoms with Crippen LogP contribution in [0.4, 0.5) is 10.1 Å². The topological polar surface area (TPSA) is 36.5 Å². The van der Waals surface area contributed by atoms with E-state index in [-0.39, 0.29) is 5.02 Å². The van der Waals surface area contributed by atoms with E-state index in [1.165, 1.54) is 12.5 Å². The highest BCUT2D eigenvalue weighted by Crippen LogP contribution is 2.30. The van der Waals surface area contributed by atoms with Crippen molar-refractivity contribution in [1.82, 2.24) is 10.4 Å². The van der Waals surface area contributed by atoms with Gasteiger partial charge in [-0.1, -0.05) is 24.3 Å². The summed E-state index contributed by atoms with van der Waals surface area (Å²) in [4.78, 5) is 0. The second kappa shape index (κ2) is 7.47. The van der Waals surface area contributed by atoms with Gasteiger partial charge in [-0.3, -0.25) is 5.43 Å². The van der Waals surface area contributed by atoms with Gasteiger partial charge in [-0.2, -0.15) is 0 Å². The molecule has 0 atom stereocenters. The quantitative estimate of drug-likeness (QED) is 0.792. The van der Waals surface area contributed by atoms with Gasteiger partial charge in [0.15, 0.2) is 0 Å². The van der Waals surface area contributed by atoms with Gasteiger partial charge in [-0.05, 0) is 18.9 Å². The standard InChI is InChI=1S/C14H19ClFN3O/c1-2-7-20-14-9-13(12(16)8-11(14)15)17-10-19-6-4-3-5-18-19/h2,8-9,17-18H,1,3-7,10H2. The Morgan fingerprint density at radius 1 is 1.50 bits per heavy atom. The fraction of sp³-hybridized carbons (Fsp3) is 0.429. The predicted octanol–water partition coefficient (Wildman–Crippen LogP) is 3.01. The number of nitrogens with one attached hydrogen (secondary N) is 2. The molecule has 0 aliphatic carbocycles. The van der Waals surface area contributed by atoms with E-state index in [2.05, 4.69) is 17.3 Å². The summed E-state index contributed by atoms with van der Waals surface area (Å²) in [6.07, 6.45) is 3.93. The van der Waals surface area contributed by atoms with E-state index >= 15 is 0 Å². The van der Waals surface area contributed by atoms with Crippen LogP contribution in [0, 0.1) is 5.82 Å². The molecule has 4 nitrogen and oxygen atoms in total. The van der Waals surface area contributed by atoms with Crippen LogP contribution in [0.2, 0.25) is 5.02 Å². The fourth-order valence-corrected chi connectivity index (χ4v) is 2.19. The van der Waals surface area contributed by atoms with Gasteiger partial charge in [-0.25, -0.2) is 9.40 Å². The van der Waals surface area contributed by atoms with Gasteiger partial charge in [0.2, 0.25) is 0 Å². The van der Waals surface area contributed by atoms with Crippen LogP contribution < -0.4 is 15.5 Å². The Labute approximate surface area is 123 Å². The van der Waals surface area contributed by atoms with Crippen molar-refractivity contribution in [2.75, 3.05) is 31.7 Å². The van der Waals surface area contributed by atoms with Gasteiger partial charge in [0.1, 0.15) is 18.2 Å². The first-order valence-corrected chi connectivity index (χ1v) is 7.03. The predicted molar refractivity (Wildman–Crippen MR) is 79.5 cm³/mol. The minimum absolute atomic E-state index is 0.256. The second-order valence-corrected chi connectivity index (χ2v) is 4.98. The largest absolute Gasteiger partial charge is 0.488 e. The van der Waals surface area contributed by atoms with E-state index in [4.69, 9.17) is 16.3 Å². The van der Waals surface area contributed by atoms with Gasteiger partial charge in [0.05, 0.1) is 17.4 Å². The molecule has 1 saturated heterocycles. The Morgan fingerprint density at radius 2 is 2.35 bits per heavy atom. The van der Waals surface area contributed by atoms with E-state index in [0.29, 0.717) is 24.7 Å². The molecule has 2 rings (SSSR count). The number of ether oxygens (including phenoxy) is 1. The summed E-state index contributed by atoms with van der Waals surface area (Å²) in [6, 6.07) is 2.83.